The summed E-state index contributed by atoms with van der Waals surface area (Å²) in [6.45, 7) is 0. The third kappa shape index (κ3) is 1.94. The lowest BCUT2D eigenvalue weighted by atomic mass is 10.2. The number of carbonyl (C=O) groups excluding carboxylic acids is 1. The summed E-state index contributed by atoms with van der Waals surface area (Å²) in [5.41, 5.74) is 4.42. The van der Waals surface area contributed by atoms with E-state index in [0.29, 0.717) is 0 Å². The van der Waals surface area contributed by atoms with Gasteiger partial charge in [0.1, 0.15) is 5.02 Å². The maximum atomic E-state index is 10.8. The maximum absolute atomic E-state index is 10.8. The number of nitro groups is 1. The van der Waals surface area contributed by atoms with Crippen molar-refractivity contribution in [2.45, 2.75) is 0 Å². The van der Waals surface area contributed by atoms with Crippen molar-refractivity contribution in [3.63, 3.8) is 0 Å². The van der Waals surface area contributed by atoms with E-state index in [2.05, 4.69) is 0 Å². The number of nitrogens with two attached hydrogens (primary N) is 1. The highest BCUT2D eigenvalue weighted by Gasteiger charge is 2.18. The summed E-state index contributed by atoms with van der Waals surface area (Å²) >= 11 is 11.1. The Morgan fingerprint density at radius 3 is 2.36 bits per heavy atom. The normalized spacial score (nSPS) is 9.86. The van der Waals surface area contributed by atoms with Crippen LogP contribution in [0.5, 0.6) is 0 Å². The number of rotatable bonds is 2. The van der Waals surface area contributed by atoms with Gasteiger partial charge in [-0.05, 0) is 6.07 Å². The molecule has 0 heterocycles. The third-order valence-electron chi connectivity index (χ3n) is 1.50. The van der Waals surface area contributed by atoms with Crippen molar-refractivity contribution in [3.05, 3.63) is 37.9 Å². The molecule has 1 aromatic carbocycles. The first-order valence-corrected chi connectivity index (χ1v) is 4.12. The van der Waals surface area contributed by atoms with Crippen LogP contribution in [0.15, 0.2) is 12.1 Å². The molecule has 0 radical (unpaired) electrons. The highest BCUT2D eigenvalue weighted by atomic mass is 35.5. The fourth-order valence-electron chi connectivity index (χ4n) is 0.866. The number of hydrogen-bond acceptors (Lipinski definition) is 3. The molecular formula is C7H4Cl2N2O3. The second kappa shape index (κ2) is 3.81. The molecule has 2 N–H and O–H groups in total. The summed E-state index contributed by atoms with van der Waals surface area (Å²) in [6.07, 6.45) is 0. The number of amides is 1. The van der Waals surface area contributed by atoms with E-state index in [0.717, 1.165) is 12.1 Å². The number of halogens is 2. The van der Waals surface area contributed by atoms with E-state index in [1.807, 2.05) is 0 Å². The summed E-state index contributed by atoms with van der Waals surface area (Å²) in [4.78, 5) is 20.5. The van der Waals surface area contributed by atoms with Gasteiger partial charge in [-0.2, -0.15) is 0 Å². The van der Waals surface area contributed by atoms with E-state index in [9.17, 15) is 14.9 Å². The topological polar surface area (TPSA) is 86.2 Å². The molecule has 7 heteroatoms. The molecule has 0 saturated heterocycles. The van der Waals surface area contributed by atoms with Crippen LogP contribution < -0.4 is 5.73 Å². The Hall–Kier alpha value is -1.33. The van der Waals surface area contributed by atoms with Gasteiger partial charge in [0.25, 0.3) is 5.69 Å². The molecule has 0 spiro atoms. The van der Waals surface area contributed by atoms with Gasteiger partial charge in [0.2, 0.25) is 5.91 Å². The number of carbonyl (C=O) groups is 1. The molecule has 74 valence electrons. The average molecular weight is 235 g/mol. The standard InChI is InChI=1S/C7H4Cl2N2O3/c8-4-2-5(9)6(11(13)14)1-3(4)7(10)12/h1-2H,(H2,10,12). The van der Waals surface area contributed by atoms with Crippen LogP contribution in [0.1, 0.15) is 10.4 Å². The second-order valence-electron chi connectivity index (χ2n) is 2.40. The van der Waals surface area contributed by atoms with Crippen LogP contribution in [0.25, 0.3) is 0 Å². The second-order valence-corrected chi connectivity index (χ2v) is 3.22. The first-order valence-electron chi connectivity index (χ1n) is 3.36. The van der Waals surface area contributed by atoms with Crippen molar-refractivity contribution in [1.29, 1.82) is 0 Å². The minimum atomic E-state index is -0.838. The Balaban J connectivity index is 3.42. The van der Waals surface area contributed by atoms with Gasteiger partial charge >= 0.3 is 0 Å². The lowest BCUT2D eigenvalue weighted by Gasteiger charge is -2.00. The predicted molar refractivity (Wildman–Crippen MR) is 51.6 cm³/mol. The van der Waals surface area contributed by atoms with Crippen LogP contribution in [0.4, 0.5) is 5.69 Å². The number of hydrogen-bond donors (Lipinski definition) is 1. The summed E-state index contributed by atoms with van der Waals surface area (Å²) in [6, 6.07) is 2.06. The molecule has 14 heavy (non-hydrogen) atoms. The summed E-state index contributed by atoms with van der Waals surface area (Å²) in [7, 11) is 0. The molecular weight excluding hydrogens is 231 g/mol. The molecule has 0 unspecified atom stereocenters. The molecule has 0 aromatic heterocycles. The lowest BCUT2D eigenvalue weighted by molar-refractivity contribution is -0.384. The van der Waals surface area contributed by atoms with Gasteiger partial charge in [-0.15, -0.1) is 0 Å². The molecule has 1 rings (SSSR count). The van der Waals surface area contributed by atoms with E-state index in [-0.39, 0.29) is 15.6 Å². The molecule has 0 aliphatic rings. The Bertz CT molecular complexity index is 384. The monoisotopic (exact) mass is 234 g/mol. The molecule has 0 aliphatic heterocycles. The van der Waals surface area contributed by atoms with Crippen molar-refractivity contribution in [2.24, 2.45) is 5.73 Å². The molecule has 1 aromatic rings. The number of benzene rings is 1. The molecule has 0 bridgehead atoms. The van der Waals surface area contributed by atoms with Gasteiger partial charge < -0.3 is 5.73 Å². The van der Waals surface area contributed by atoms with E-state index in [4.69, 9.17) is 28.9 Å². The Kier molecular flexibility index (Phi) is 2.93. The van der Waals surface area contributed by atoms with Gasteiger partial charge in [-0.25, -0.2) is 0 Å². The lowest BCUT2D eigenvalue weighted by Crippen LogP contribution is -2.12. The first-order chi connectivity index (χ1) is 6.43. The van der Waals surface area contributed by atoms with Crippen molar-refractivity contribution >= 4 is 34.8 Å². The molecule has 0 atom stereocenters. The number of nitrogens with zero attached hydrogens (tertiary/aromatic N) is 1. The van der Waals surface area contributed by atoms with Crippen LogP contribution in [0.3, 0.4) is 0 Å². The van der Waals surface area contributed by atoms with Gasteiger partial charge in [-0.1, -0.05) is 23.2 Å². The van der Waals surface area contributed by atoms with Crippen LogP contribution >= 0.6 is 23.2 Å². The molecule has 5 nitrogen and oxygen atoms in total. The smallest absolute Gasteiger partial charge is 0.288 e. The minimum Gasteiger partial charge on any atom is -0.366 e. The highest BCUT2D eigenvalue weighted by Crippen LogP contribution is 2.30. The van der Waals surface area contributed by atoms with E-state index in [1.54, 1.807) is 0 Å². The van der Waals surface area contributed by atoms with Gasteiger partial charge in [0.05, 0.1) is 15.5 Å². The zero-order valence-corrected chi connectivity index (χ0v) is 8.17. The molecule has 1 amide bonds. The Morgan fingerprint density at radius 1 is 1.36 bits per heavy atom. The fourth-order valence-corrected chi connectivity index (χ4v) is 1.41. The van der Waals surface area contributed by atoms with Gasteiger partial charge in [0.15, 0.2) is 0 Å². The maximum Gasteiger partial charge on any atom is 0.288 e. The van der Waals surface area contributed by atoms with Crippen molar-refractivity contribution in [2.75, 3.05) is 0 Å². The quantitative estimate of drug-likeness (QED) is 0.628. The van der Waals surface area contributed by atoms with E-state index in [1.165, 1.54) is 0 Å². The SMILES string of the molecule is NC(=O)c1cc([N+](=O)[O-])c(Cl)cc1Cl. The van der Waals surface area contributed by atoms with Crippen LogP contribution in [0.2, 0.25) is 10.0 Å². The molecule has 0 saturated carbocycles. The zero-order chi connectivity index (χ0) is 10.9. The summed E-state index contributed by atoms with van der Waals surface area (Å²) in [5.74, 6) is -0.838. The van der Waals surface area contributed by atoms with Crippen LogP contribution in [-0.2, 0) is 0 Å². The predicted octanol–water partition coefficient (Wildman–Crippen LogP) is 2.00. The minimum absolute atomic E-state index is 0.00639. The highest BCUT2D eigenvalue weighted by molar-refractivity contribution is 6.37. The first kappa shape index (κ1) is 10.7. The number of primary amides is 1. The largest absolute Gasteiger partial charge is 0.366 e. The van der Waals surface area contributed by atoms with Gasteiger partial charge in [-0.3, -0.25) is 14.9 Å². The van der Waals surface area contributed by atoms with Crippen LogP contribution in [-0.4, -0.2) is 10.8 Å². The fraction of sp³-hybridized carbons (Fsp3) is 0. The van der Waals surface area contributed by atoms with Crippen molar-refractivity contribution in [3.8, 4) is 0 Å². The Labute approximate surface area is 88.6 Å². The third-order valence-corrected chi connectivity index (χ3v) is 2.11. The Morgan fingerprint density at radius 2 is 1.93 bits per heavy atom. The molecule has 0 fully saturated rings. The van der Waals surface area contributed by atoms with Crippen LogP contribution in [0, 0.1) is 10.1 Å². The zero-order valence-electron chi connectivity index (χ0n) is 6.66. The summed E-state index contributed by atoms with van der Waals surface area (Å²) < 4.78 is 0. The average Bonchev–Trinajstić information content (AvgIpc) is 2.02. The van der Waals surface area contributed by atoms with Crippen molar-refractivity contribution < 1.29 is 9.72 Å². The van der Waals surface area contributed by atoms with Gasteiger partial charge in [0, 0.05) is 6.07 Å². The van der Waals surface area contributed by atoms with Crippen molar-refractivity contribution in [1.82, 2.24) is 0 Å². The number of nitro benzene ring substituents is 1. The summed E-state index contributed by atoms with van der Waals surface area (Å²) in [5, 5.41) is 10.3. The molecule has 0 aliphatic carbocycles. The van der Waals surface area contributed by atoms with E-state index < -0.39 is 16.5 Å². The van der Waals surface area contributed by atoms with E-state index >= 15 is 0 Å².